The number of carbonyl (C=O) groups excluding carboxylic acids is 2. The summed E-state index contributed by atoms with van der Waals surface area (Å²) < 4.78 is 18.8. The predicted octanol–water partition coefficient (Wildman–Crippen LogP) is 7.93. The molecule has 0 unspecified atom stereocenters. The molecule has 1 N–H and O–H groups in total. The molecule has 1 aromatic heterocycles. The van der Waals surface area contributed by atoms with Gasteiger partial charge in [0.05, 0.1) is 11.1 Å². The van der Waals surface area contributed by atoms with Crippen LogP contribution < -0.4 is 14.8 Å². The number of carbonyl (C=O) groups is 2. The van der Waals surface area contributed by atoms with E-state index in [2.05, 4.69) is 24.3 Å². The zero-order chi connectivity index (χ0) is 30.9. The van der Waals surface area contributed by atoms with Crippen LogP contribution in [-0.4, -0.2) is 23.9 Å². The van der Waals surface area contributed by atoms with Gasteiger partial charge in [-0.25, -0.2) is 0 Å². The topological polar surface area (TPSA) is 90.7 Å². The summed E-state index contributed by atoms with van der Waals surface area (Å²) >= 11 is 0. The van der Waals surface area contributed by atoms with E-state index in [4.69, 9.17) is 14.0 Å². The Morgan fingerprint density at radius 1 is 0.864 bits per heavy atom. The Hall–Kier alpha value is -5.17. The highest BCUT2D eigenvalue weighted by Crippen LogP contribution is 2.43. The molecular weight excluding hydrogens is 552 g/mol. The number of rotatable bonds is 13. The fourth-order valence-electron chi connectivity index (χ4n) is 4.98. The van der Waals surface area contributed by atoms with Crippen LogP contribution in [0.4, 0.5) is 0 Å². The average molecular weight is 589 g/mol. The first-order valence-corrected chi connectivity index (χ1v) is 14.8. The molecule has 0 saturated carbocycles. The number of aromatic nitrogens is 1. The normalized spacial score (nSPS) is 10.9. The molecule has 5 rings (SSSR count). The number of amides is 1. The van der Waals surface area contributed by atoms with Gasteiger partial charge in [0.25, 0.3) is 5.91 Å². The highest BCUT2D eigenvalue weighted by molar-refractivity contribution is 6.02. The minimum atomic E-state index is -0.353. The van der Waals surface area contributed by atoms with Gasteiger partial charge in [0.15, 0.2) is 11.5 Å². The summed E-state index contributed by atoms with van der Waals surface area (Å²) in [5.41, 5.74) is 5.59. The number of nitrogens with zero attached hydrogens (tertiary/aromatic N) is 1. The molecule has 5 aromatic rings. The van der Waals surface area contributed by atoms with Crippen LogP contribution >= 0.6 is 0 Å². The van der Waals surface area contributed by atoms with Crippen LogP contribution in [0.15, 0.2) is 102 Å². The standard InChI is InChI=1S/C37H36N2O5/c1-4-38-37(41)35-34(29-17-15-26(22-40)16-18-29)36(44-39-35)31-20-30(19-25(2)3)32(42-23-27-11-7-5-8-12-27)21-33(31)43-24-28-13-9-6-10-14-28/h5-18,20-22,25H,4,19,23-24H2,1-3H3,(H,38,41). The second-order valence-electron chi connectivity index (χ2n) is 10.9. The molecule has 0 saturated heterocycles. The van der Waals surface area contributed by atoms with Crippen molar-refractivity contribution in [2.75, 3.05) is 6.54 Å². The second kappa shape index (κ2) is 14.3. The molecule has 1 amide bonds. The number of ether oxygens (including phenoxy) is 2. The van der Waals surface area contributed by atoms with Crippen molar-refractivity contribution in [2.24, 2.45) is 5.92 Å². The van der Waals surface area contributed by atoms with Gasteiger partial charge in [0, 0.05) is 18.2 Å². The number of hydrogen-bond donors (Lipinski definition) is 1. The molecule has 7 nitrogen and oxygen atoms in total. The van der Waals surface area contributed by atoms with Crippen molar-refractivity contribution >= 4 is 12.2 Å². The van der Waals surface area contributed by atoms with E-state index in [0.29, 0.717) is 59.4 Å². The van der Waals surface area contributed by atoms with Gasteiger partial charge in [-0.05, 0) is 47.6 Å². The van der Waals surface area contributed by atoms with Gasteiger partial charge in [-0.3, -0.25) is 9.59 Å². The maximum Gasteiger partial charge on any atom is 0.274 e. The summed E-state index contributed by atoms with van der Waals surface area (Å²) in [5, 5.41) is 7.07. The highest BCUT2D eigenvalue weighted by Gasteiger charge is 2.27. The van der Waals surface area contributed by atoms with Crippen molar-refractivity contribution in [3.8, 4) is 33.9 Å². The lowest BCUT2D eigenvalue weighted by molar-refractivity contribution is 0.0947. The van der Waals surface area contributed by atoms with Crippen molar-refractivity contribution in [3.63, 3.8) is 0 Å². The van der Waals surface area contributed by atoms with Gasteiger partial charge in [0.1, 0.15) is 31.0 Å². The van der Waals surface area contributed by atoms with Gasteiger partial charge in [0.2, 0.25) is 0 Å². The molecule has 1 heterocycles. The van der Waals surface area contributed by atoms with Crippen LogP contribution in [0.3, 0.4) is 0 Å². The SMILES string of the molecule is CCNC(=O)c1noc(-c2cc(CC(C)C)c(OCc3ccccc3)cc2OCc2ccccc2)c1-c1ccc(C=O)cc1. The first-order chi connectivity index (χ1) is 21.5. The third-order valence-electron chi connectivity index (χ3n) is 7.09. The number of hydrogen-bond acceptors (Lipinski definition) is 6. The lowest BCUT2D eigenvalue weighted by atomic mass is 9.94. The number of nitrogens with one attached hydrogen (secondary N) is 1. The highest BCUT2D eigenvalue weighted by atomic mass is 16.5. The van der Waals surface area contributed by atoms with Gasteiger partial charge in [-0.1, -0.05) is 104 Å². The average Bonchev–Trinajstić information content (AvgIpc) is 3.49. The third-order valence-corrected chi connectivity index (χ3v) is 7.09. The first kappa shape index (κ1) is 30.3. The quantitative estimate of drug-likeness (QED) is 0.141. The minimum Gasteiger partial charge on any atom is -0.488 e. The van der Waals surface area contributed by atoms with Crippen molar-refractivity contribution in [1.29, 1.82) is 0 Å². The maximum absolute atomic E-state index is 13.1. The van der Waals surface area contributed by atoms with Crippen LogP contribution in [0.2, 0.25) is 0 Å². The van der Waals surface area contributed by atoms with E-state index < -0.39 is 0 Å². The van der Waals surface area contributed by atoms with Crippen LogP contribution in [0.5, 0.6) is 11.5 Å². The van der Waals surface area contributed by atoms with E-state index in [-0.39, 0.29) is 11.6 Å². The molecule has 0 fully saturated rings. The van der Waals surface area contributed by atoms with Crippen molar-refractivity contribution in [1.82, 2.24) is 10.5 Å². The summed E-state index contributed by atoms with van der Waals surface area (Å²) in [6.45, 7) is 7.31. The lowest BCUT2D eigenvalue weighted by Crippen LogP contribution is -2.23. The van der Waals surface area contributed by atoms with Crippen LogP contribution in [-0.2, 0) is 19.6 Å². The summed E-state index contributed by atoms with van der Waals surface area (Å²) in [5.74, 6) is 1.64. The Morgan fingerprint density at radius 3 is 2.05 bits per heavy atom. The molecule has 0 radical (unpaired) electrons. The summed E-state index contributed by atoms with van der Waals surface area (Å²) in [4.78, 5) is 24.5. The van der Waals surface area contributed by atoms with Gasteiger partial charge in [-0.2, -0.15) is 0 Å². The Morgan fingerprint density at radius 2 is 1.48 bits per heavy atom. The van der Waals surface area contributed by atoms with E-state index >= 15 is 0 Å². The zero-order valence-corrected chi connectivity index (χ0v) is 25.2. The number of aldehydes is 1. The van der Waals surface area contributed by atoms with E-state index in [1.165, 1.54) is 0 Å². The van der Waals surface area contributed by atoms with Crippen molar-refractivity contribution < 1.29 is 23.6 Å². The molecule has 224 valence electrons. The smallest absolute Gasteiger partial charge is 0.274 e. The molecule has 44 heavy (non-hydrogen) atoms. The second-order valence-corrected chi connectivity index (χ2v) is 10.9. The minimum absolute atomic E-state index is 0.157. The lowest BCUT2D eigenvalue weighted by Gasteiger charge is -2.19. The van der Waals surface area contributed by atoms with Gasteiger partial charge in [-0.15, -0.1) is 0 Å². The van der Waals surface area contributed by atoms with Crippen molar-refractivity contribution in [2.45, 2.75) is 40.4 Å². The van der Waals surface area contributed by atoms with Crippen LogP contribution in [0, 0.1) is 5.92 Å². The zero-order valence-electron chi connectivity index (χ0n) is 25.2. The molecular formula is C37H36N2O5. The Kier molecular flexibility index (Phi) is 9.87. The van der Waals surface area contributed by atoms with Crippen LogP contribution in [0.1, 0.15) is 58.3 Å². The molecule has 0 aliphatic rings. The Bertz CT molecular complexity index is 1690. The van der Waals surface area contributed by atoms with E-state index in [9.17, 15) is 9.59 Å². The molecule has 0 aliphatic carbocycles. The predicted molar refractivity (Wildman–Crippen MR) is 171 cm³/mol. The van der Waals surface area contributed by atoms with Gasteiger partial charge < -0.3 is 19.3 Å². The van der Waals surface area contributed by atoms with Crippen molar-refractivity contribution in [3.05, 3.63) is 125 Å². The fourth-order valence-corrected chi connectivity index (χ4v) is 4.98. The largest absolute Gasteiger partial charge is 0.488 e. The molecule has 0 atom stereocenters. The monoisotopic (exact) mass is 588 g/mol. The van der Waals surface area contributed by atoms with E-state index in [0.717, 1.165) is 35.1 Å². The van der Waals surface area contributed by atoms with E-state index in [1.807, 2.05) is 79.7 Å². The molecule has 0 spiro atoms. The third kappa shape index (κ3) is 7.24. The van der Waals surface area contributed by atoms with Gasteiger partial charge >= 0.3 is 0 Å². The van der Waals surface area contributed by atoms with E-state index in [1.54, 1.807) is 24.3 Å². The molecule has 7 heteroatoms. The number of benzene rings is 4. The molecule has 0 bridgehead atoms. The summed E-state index contributed by atoms with van der Waals surface area (Å²) in [6.07, 6.45) is 1.53. The summed E-state index contributed by atoms with van der Waals surface area (Å²) in [7, 11) is 0. The first-order valence-electron chi connectivity index (χ1n) is 14.8. The molecule has 0 aliphatic heterocycles. The Balaban J connectivity index is 1.66. The summed E-state index contributed by atoms with van der Waals surface area (Å²) in [6, 6.07) is 30.8. The fraction of sp³-hybridized carbons (Fsp3) is 0.216. The van der Waals surface area contributed by atoms with Crippen LogP contribution in [0.25, 0.3) is 22.5 Å². The maximum atomic E-state index is 13.1. The Labute approximate surface area is 257 Å². The molecule has 4 aromatic carbocycles.